The van der Waals surface area contributed by atoms with Crippen LogP contribution in [0.2, 0.25) is 10.3 Å². The molecule has 0 aliphatic carbocycles. The van der Waals surface area contributed by atoms with Gasteiger partial charge in [-0.3, -0.25) is 9.48 Å². The number of hydrogen-bond acceptors (Lipinski definition) is 6. The third-order valence-electron chi connectivity index (χ3n) is 5.42. The molecule has 4 rings (SSSR count). The molecular formula is C20H22Cl2N6O2. The molecule has 2 aromatic heterocycles. The summed E-state index contributed by atoms with van der Waals surface area (Å²) in [6, 6.07) is 5.13. The fourth-order valence-corrected chi connectivity index (χ4v) is 4.12. The van der Waals surface area contributed by atoms with Crippen LogP contribution in [0.3, 0.4) is 0 Å². The molecule has 1 amide bonds. The van der Waals surface area contributed by atoms with Gasteiger partial charge in [-0.1, -0.05) is 11.6 Å². The van der Waals surface area contributed by atoms with Crippen LogP contribution in [0.1, 0.15) is 23.2 Å². The molecule has 30 heavy (non-hydrogen) atoms. The van der Waals surface area contributed by atoms with E-state index < -0.39 is 0 Å². The zero-order valence-corrected chi connectivity index (χ0v) is 18.2. The molecule has 0 bridgehead atoms. The lowest BCUT2D eigenvalue weighted by atomic mass is 9.96. The van der Waals surface area contributed by atoms with Gasteiger partial charge in [-0.05, 0) is 48.6 Å². The summed E-state index contributed by atoms with van der Waals surface area (Å²) in [5.74, 6) is 1.66. The summed E-state index contributed by atoms with van der Waals surface area (Å²) in [4.78, 5) is 23.2. The largest absolute Gasteiger partial charge is 0.495 e. The molecule has 3 aromatic rings. The van der Waals surface area contributed by atoms with Gasteiger partial charge in [-0.15, -0.1) is 0 Å². The molecule has 0 unspecified atom stereocenters. The number of methoxy groups -OCH3 is 1. The number of fused-ring (bicyclic) bond motifs is 1. The van der Waals surface area contributed by atoms with Gasteiger partial charge >= 0.3 is 0 Å². The molecular weight excluding hydrogens is 427 g/mol. The summed E-state index contributed by atoms with van der Waals surface area (Å²) < 4.78 is 6.82. The Balaban J connectivity index is 1.35. The lowest BCUT2D eigenvalue weighted by Gasteiger charge is -2.32. The lowest BCUT2D eigenvalue weighted by Crippen LogP contribution is -2.40. The highest BCUT2D eigenvalue weighted by molar-refractivity contribution is 6.32. The van der Waals surface area contributed by atoms with E-state index in [1.54, 1.807) is 36.2 Å². The van der Waals surface area contributed by atoms with Crippen LogP contribution < -0.4 is 10.1 Å². The first kappa shape index (κ1) is 20.7. The number of nitrogens with one attached hydrogen (secondary N) is 1. The number of anilines is 1. The molecule has 158 valence electrons. The summed E-state index contributed by atoms with van der Waals surface area (Å²) in [5.41, 5.74) is 1.27. The Morgan fingerprint density at radius 1 is 1.27 bits per heavy atom. The zero-order valence-electron chi connectivity index (χ0n) is 16.7. The number of carbonyl (C=O) groups excluding carboxylic acids is 1. The van der Waals surface area contributed by atoms with Gasteiger partial charge in [0, 0.05) is 32.2 Å². The second-order valence-corrected chi connectivity index (χ2v) is 8.06. The quantitative estimate of drug-likeness (QED) is 0.599. The Labute approximate surface area is 184 Å². The number of hydrogen-bond donors (Lipinski definition) is 1. The van der Waals surface area contributed by atoms with E-state index in [4.69, 9.17) is 27.9 Å². The molecule has 1 aliphatic heterocycles. The van der Waals surface area contributed by atoms with E-state index in [1.165, 1.54) is 0 Å². The van der Waals surface area contributed by atoms with Crippen molar-refractivity contribution in [3.8, 4) is 5.75 Å². The Hall–Kier alpha value is -2.58. The number of nitrogens with zero attached hydrogens (tertiary/aromatic N) is 5. The van der Waals surface area contributed by atoms with Gasteiger partial charge in [0.05, 0.1) is 23.7 Å². The molecule has 1 aliphatic rings. The van der Waals surface area contributed by atoms with Crippen molar-refractivity contribution in [1.29, 1.82) is 0 Å². The number of piperidine rings is 1. The average Bonchev–Trinajstić information content (AvgIpc) is 3.12. The number of rotatable bonds is 5. The molecule has 0 saturated carbocycles. The Bertz CT molecular complexity index is 1080. The first-order valence-electron chi connectivity index (χ1n) is 9.68. The van der Waals surface area contributed by atoms with Crippen molar-refractivity contribution in [3.63, 3.8) is 0 Å². The molecule has 0 spiro atoms. The third-order valence-corrected chi connectivity index (χ3v) is 5.89. The topological polar surface area (TPSA) is 85.2 Å². The fourth-order valence-electron chi connectivity index (χ4n) is 3.69. The third kappa shape index (κ3) is 4.15. The Kier molecular flexibility index (Phi) is 5.97. The van der Waals surface area contributed by atoms with E-state index >= 15 is 0 Å². The van der Waals surface area contributed by atoms with Crippen LogP contribution in [0, 0.1) is 5.92 Å². The van der Waals surface area contributed by atoms with Crippen LogP contribution in [-0.4, -0.2) is 57.3 Å². The Morgan fingerprint density at radius 2 is 2.03 bits per heavy atom. The van der Waals surface area contributed by atoms with E-state index in [0.717, 1.165) is 24.8 Å². The van der Waals surface area contributed by atoms with Crippen molar-refractivity contribution < 1.29 is 9.53 Å². The first-order chi connectivity index (χ1) is 14.5. The molecule has 1 N–H and O–H groups in total. The van der Waals surface area contributed by atoms with Crippen LogP contribution in [0.5, 0.6) is 5.75 Å². The SMILES string of the molecule is COc1ccc(C(=O)N2CCC(CNc3nc(Cl)nc4c3cnn4C)CC2)cc1Cl. The minimum absolute atomic E-state index is 0.00869. The van der Waals surface area contributed by atoms with Gasteiger partial charge in [-0.25, -0.2) is 0 Å². The summed E-state index contributed by atoms with van der Waals surface area (Å²) in [6.45, 7) is 2.14. The molecule has 1 saturated heterocycles. The average molecular weight is 449 g/mol. The second kappa shape index (κ2) is 8.65. The summed E-state index contributed by atoms with van der Waals surface area (Å²) >= 11 is 12.2. The molecule has 1 fully saturated rings. The van der Waals surface area contributed by atoms with Crippen molar-refractivity contribution in [1.82, 2.24) is 24.6 Å². The first-order valence-corrected chi connectivity index (χ1v) is 10.4. The predicted molar refractivity (Wildman–Crippen MR) is 116 cm³/mol. The van der Waals surface area contributed by atoms with Crippen molar-refractivity contribution in [2.24, 2.45) is 13.0 Å². The Morgan fingerprint density at radius 3 is 2.73 bits per heavy atom. The number of likely N-dealkylation sites (tertiary alicyclic amines) is 1. The van der Waals surface area contributed by atoms with Gasteiger partial charge in [0.2, 0.25) is 5.28 Å². The van der Waals surface area contributed by atoms with Crippen molar-refractivity contribution >= 4 is 46.0 Å². The number of aromatic nitrogens is 4. The smallest absolute Gasteiger partial charge is 0.253 e. The summed E-state index contributed by atoms with van der Waals surface area (Å²) in [6.07, 6.45) is 3.53. The van der Waals surface area contributed by atoms with Gasteiger partial charge in [0.15, 0.2) is 5.65 Å². The minimum Gasteiger partial charge on any atom is -0.495 e. The van der Waals surface area contributed by atoms with Crippen molar-refractivity contribution in [3.05, 3.63) is 40.3 Å². The van der Waals surface area contributed by atoms with Crippen LogP contribution >= 0.6 is 23.2 Å². The van der Waals surface area contributed by atoms with Gasteiger partial charge in [0.1, 0.15) is 11.6 Å². The highest BCUT2D eigenvalue weighted by Crippen LogP contribution is 2.27. The highest BCUT2D eigenvalue weighted by Gasteiger charge is 2.24. The number of amides is 1. The predicted octanol–water partition coefficient (Wildman–Crippen LogP) is 3.64. The minimum atomic E-state index is -0.00869. The van der Waals surface area contributed by atoms with Crippen molar-refractivity contribution in [2.75, 3.05) is 32.1 Å². The molecule has 0 atom stereocenters. The van der Waals surface area contributed by atoms with E-state index in [1.807, 2.05) is 11.9 Å². The number of aryl methyl sites for hydroxylation is 1. The maximum atomic E-state index is 12.8. The van der Waals surface area contributed by atoms with Crippen LogP contribution in [0.25, 0.3) is 11.0 Å². The molecule has 3 heterocycles. The normalized spacial score (nSPS) is 14.9. The van der Waals surface area contributed by atoms with E-state index in [9.17, 15) is 4.79 Å². The van der Waals surface area contributed by atoms with Crippen LogP contribution in [0.15, 0.2) is 24.4 Å². The van der Waals surface area contributed by atoms with E-state index in [-0.39, 0.29) is 11.2 Å². The van der Waals surface area contributed by atoms with Crippen molar-refractivity contribution in [2.45, 2.75) is 12.8 Å². The monoisotopic (exact) mass is 448 g/mol. The van der Waals surface area contributed by atoms with Gasteiger partial charge in [0.25, 0.3) is 5.91 Å². The lowest BCUT2D eigenvalue weighted by molar-refractivity contribution is 0.0695. The van der Waals surface area contributed by atoms with E-state index in [2.05, 4.69) is 20.4 Å². The van der Waals surface area contributed by atoms with E-state index in [0.29, 0.717) is 46.8 Å². The summed E-state index contributed by atoms with van der Waals surface area (Å²) in [7, 11) is 3.37. The molecule has 8 nitrogen and oxygen atoms in total. The standard InChI is InChI=1S/C20H22Cl2N6O2/c1-27-18-14(11-24-27)17(25-20(22)26-18)23-10-12-5-7-28(8-6-12)19(29)13-3-4-16(30-2)15(21)9-13/h3-4,9,11-12H,5-8,10H2,1-2H3,(H,23,25,26). The molecule has 0 radical (unpaired) electrons. The zero-order chi connectivity index (χ0) is 21.3. The molecule has 1 aromatic carbocycles. The van der Waals surface area contributed by atoms with Crippen LogP contribution in [-0.2, 0) is 7.05 Å². The number of ether oxygens (including phenoxy) is 1. The number of carbonyl (C=O) groups is 1. The van der Waals surface area contributed by atoms with Crippen LogP contribution in [0.4, 0.5) is 5.82 Å². The number of halogens is 2. The summed E-state index contributed by atoms with van der Waals surface area (Å²) in [5, 5.41) is 9.07. The maximum Gasteiger partial charge on any atom is 0.253 e. The number of benzene rings is 1. The second-order valence-electron chi connectivity index (χ2n) is 7.31. The van der Waals surface area contributed by atoms with Gasteiger partial charge in [-0.2, -0.15) is 15.1 Å². The van der Waals surface area contributed by atoms with Gasteiger partial charge < -0.3 is 15.0 Å². The fraction of sp³-hybridized carbons (Fsp3) is 0.400. The molecule has 10 heteroatoms. The maximum absolute atomic E-state index is 12.8. The highest BCUT2D eigenvalue weighted by atomic mass is 35.5.